The van der Waals surface area contributed by atoms with Gasteiger partial charge in [0.2, 0.25) is 5.91 Å². The maximum atomic E-state index is 12.3. The van der Waals surface area contributed by atoms with E-state index in [0.29, 0.717) is 22.7 Å². The van der Waals surface area contributed by atoms with Crippen LogP contribution >= 0.6 is 11.6 Å². The van der Waals surface area contributed by atoms with Crippen LogP contribution in [0, 0.1) is 0 Å². The van der Waals surface area contributed by atoms with Crippen molar-refractivity contribution < 1.29 is 18.5 Å². The van der Waals surface area contributed by atoms with E-state index < -0.39 is 16.2 Å². The Balaban J connectivity index is 1.87. The molecule has 1 heterocycles. The Morgan fingerprint density at radius 2 is 2.07 bits per heavy atom. The van der Waals surface area contributed by atoms with Gasteiger partial charge in [0.05, 0.1) is 6.42 Å². The number of nitrogens with two attached hydrogens (primary N) is 1. The van der Waals surface area contributed by atoms with E-state index >= 15 is 0 Å². The third-order valence-electron chi connectivity index (χ3n) is 4.09. The molecule has 0 bridgehead atoms. The van der Waals surface area contributed by atoms with Crippen molar-refractivity contribution in [2.45, 2.75) is 11.7 Å². The highest BCUT2D eigenvalue weighted by molar-refractivity contribution is 7.83. The Hall–Kier alpha value is -3.07. The lowest BCUT2D eigenvalue weighted by atomic mass is 10.1. The number of amides is 1. The maximum Gasteiger partial charge on any atom is 0.228 e. The lowest BCUT2D eigenvalue weighted by Crippen LogP contribution is -2.18. The zero-order chi connectivity index (χ0) is 21.5. The molecule has 0 saturated heterocycles. The van der Waals surface area contributed by atoms with Crippen molar-refractivity contribution in [3.63, 3.8) is 0 Å². The second-order valence-electron chi connectivity index (χ2n) is 6.28. The van der Waals surface area contributed by atoms with Crippen molar-refractivity contribution in [2.75, 3.05) is 5.32 Å². The summed E-state index contributed by atoms with van der Waals surface area (Å²) in [6.07, 6.45) is 3.84. The van der Waals surface area contributed by atoms with Gasteiger partial charge in [-0.15, -0.1) is 0 Å². The summed E-state index contributed by atoms with van der Waals surface area (Å²) in [5, 5.41) is 7.58. The molecule has 3 aromatic rings. The number of nitrogens with zero attached hydrogens (tertiary/aromatic N) is 1. The number of benzene rings is 2. The number of pyridine rings is 1. The zero-order valence-electron chi connectivity index (χ0n) is 15.7. The summed E-state index contributed by atoms with van der Waals surface area (Å²) < 4.78 is 17.7. The van der Waals surface area contributed by atoms with Crippen LogP contribution in [0.4, 0.5) is 5.69 Å². The van der Waals surface area contributed by atoms with Crippen molar-refractivity contribution >= 4 is 40.5 Å². The summed E-state index contributed by atoms with van der Waals surface area (Å²) in [7, 11) is -1.97. The van der Waals surface area contributed by atoms with E-state index in [1.54, 1.807) is 60.9 Å². The number of carbonyl (C=O) groups excluding carboxylic acids is 2. The molecule has 1 amide bonds. The predicted molar refractivity (Wildman–Crippen MR) is 116 cm³/mol. The fourth-order valence-electron chi connectivity index (χ4n) is 2.75. The quantitative estimate of drug-likeness (QED) is 0.517. The number of halogens is 1. The first-order valence-electron chi connectivity index (χ1n) is 8.82. The smallest absolute Gasteiger partial charge is 0.228 e. The second-order valence-corrected chi connectivity index (χ2v) is 7.88. The molecular formula is C21H18ClN3O4S. The monoisotopic (exact) mass is 443 g/mol. The van der Waals surface area contributed by atoms with Gasteiger partial charge >= 0.3 is 0 Å². The molecule has 2 atom stereocenters. The van der Waals surface area contributed by atoms with E-state index in [1.807, 2.05) is 0 Å². The van der Waals surface area contributed by atoms with Crippen LogP contribution in [0.1, 0.15) is 16.4 Å². The Bertz CT molecular complexity index is 1080. The first-order valence-corrected chi connectivity index (χ1v) is 10.5. The van der Waals surface area contributed by atoms with Crippen molar-refractivity contribution in [1.82, 2.24) is 4.98 Å². The molecule has 2 unspecified atom stereocenters. The highest BCUT2D eigenvalue weighted by Gasteiger charge is 2.22. The van der Waals surface area contributed by atoms with Gasteiger partial charge in [0.25, 0.3) is 0 Å². The van der Waals surface area contributed by atoms with E-state index in [4.69, 9.17) is 21.5 Å². The van der Waals surface area contributed by atoms with Crippen LogP contribution in [0.2, 0.25) is 5.02 Å². The predicted octanol–water partition coefficient (Wildman–Crippen LogP) is 3.57. The van der Waals surface area contributed by atoms with E-state index in [1.165, 1.54) is 6.07 Å². The summed E-state index contributed by atoms with van der Waals surface area (Å²) in [5.41, 5.74) is 1.45. The largest absolute Gasteiger partial charge is 0.457 e. The van der Waals surface area contributed by atoms with Crippen LogP contribution in [-0.2, 0) is 27.0 Å². The minimum Gasteiger partial charge on any atom is -0.457 e. The molecule has 3 rings (SSSR count). The molecule has 9 heteroatoms. The molecule has 154 valence electrons. The molecule has 0 aliphatic rings. The average Bonchev–Trinajstić information content (AvgIpc) is 2.71. The van der Waals surface area contributed by atoms with Crippen LogP contribution < -0.4 is 15.2 Å². The van der Waals surface area contributed by atoms with Gasteiger partial charge in [0, 0.05) is 28.7 Å². The van der Waals surface area contributed by atoms with Crippen LogP contribution in [-0.4, -0.2) is 21.4 Å². The number of hydrogen-bond acceptors (Lipinski definition) is 5. The molecule has 3 N–H and O–H groups in total. The summed E-state index contributed by atoms with van der Waals surface area (Å²) >= 11 is 5.98. The van der Waals surface area contributed by atoms with Crippen molar-refractivity contribution in [3.05, 3.63) is 83.1 Å². The van der Waals surface area contributed by atoms with Gasteiger partial charge in [-0.1, -0.05) is 23.7 Å². The number of hydrogen-bond donors (Lipinski definition) is 2. The molecule has 0 aliphatic carbocycles. The van der Waals surface area contributed by atoms with Gasteiger partial charge in [-0.2, -0.15) is 0 Å². The van der Waals surface area contributed by atoms with Gasteiger partial charge < -0.3 is 14.8 Å². The Labute approximate surface area is 180 Å². The molecule has 0 spiro atoms. The number of rotatable bonds is 8. The highest BCUT2D eigenvalue weighted by Crippen LogP contribution is 2.34. The molecule has 2 aromatic carbocycles. The van der Waals surface area contributed by atoms with Crippen LogP contribution in [0.15, 0.2) is 67.0 Å². The van der Waals surface area contributed by atoms with Gasteiger partial charge in [-0.25, -0.2) is 4.21 Å². The number of carbonyl (C=O) groups is 2. The first-order chi connectivity index (χ1) is 14.5. The lowest BCUT2D eigenvalue weighted by molar-refractivity contribution is -0.115. The minimum atomic E-state index is -1.97. The maximum absolute atomic E-state index is 12.3. The molecule has 0 radical (unpaired) electrons. The topological polar surface area (TPSA) is 111 Å². The van der Waals surface area contributed by atoms with Gasteiger partial charge in [0.1, 0.15) is 34.0 Å². The number of ether oxygens (including phenoxy) is 1. The number of nitrogens with one attached hydrogen (secondary N) is 1. The van der Waals surface area contributed by atoms with E-state index in [2.05, 4.69) is 10.3 Å². The number of aromatic nitrogens is 1. The Morgan fingerprint density at radius 1 is 1.23 bits per heavy atom. The molecule has 7 nitrogen and oxygen atoms in total. The average molecular weight is 444 g/mol. The normalized spacial score (nSPS) is 12.6. The Kier molecular flexibility index (Phi) is 7.29. The van der Waals surface area contributed by atoms with Crippen molar-refractivity contribution in [3.8, 4) is 11.5 Å². The van der Waals surface area contributed by atoms with Crippen molar-refractivity contribution in [2.24, 2.45) is 5.14 Å². The number of anilines is 1. The van der Waals surface area contributed by atoms with E-state index in [9.17, 15) is 13.8 Å². The van der Waals surface area contributed by atoms with Crippen molar-refractivity contribution in [1.29, 1.82) is 0 Å². The molecule has 1 aromatic heterocycles. The standard InChI is InChI=1S/C21H18ClN3O4S/c22-15-4-1-5-17(10-15)29-19-7-6-16(11-18(19)20(13-26)30(23)28)25-21(27)9-14-3-2-8-24-12-14/h1-8,10-13,20H,9,23H2,(H,25,27). The summed E-state index contributed by atoms with van der Waals surface area (Å²) in [6, 6.07) is 14.9. The lowest BCUT2D eigenvalue weighted by Gasteiger charge is -2.16. The van der Waals surface area contributed by atoms with Crippen LogP contribution in [0.25, 0.3) is 0 Å². The van der Waals surface area contributed by atoms with Gasteiger partial charge in [0.15, 0.2) is 0 Å². The van der Waals surface area contributed by atoms with E-state index in [0.717, 1.165) is 5.56 Å². The molecular weight excluding hydrogens is 426 g/mol. The summed E-state index contributed by atoms with van der Waals surface area (Å²) in [6.45, 7) is 0. The summed E-state index contributed by atoms with van der Waals surface area (Å²) in [5.74, 6) is 0.442. The molecule has 0 fully saturated rings. The second kappa shape index (κ2) is 10.1. The fraction of sp³-hybridized carbons (Fsp3) is 0.0952. The third kappa shape index (κ3) is 5.73. The Morgan fingerprint density at radius 3 is 2.73 bits per heavy atom. The number of aldehydes is 1. The first kappa shape index (κ1) is 21.6. The molecule has 30 heavy (non-hydrogen) atoms. The minimum absolute atomic E-state index is 0.129. The molecule has 0 aliphatic heterocycles. The van der Waals surface area contributed by atoms with Crippen LogP contribution in [0.3, 0.4) is 0 Å². The SMILES string of the molecule is NS(=O)C(C=O)c1cc(NC(=O)Cc2cccnc2)ccc1Oc1cccc(Cl)c1. The van der Waals surface area contributed by atoms with Crippen LogP contribution in [0.5, 0.6) is 11.5 Å². The summed E-state index contributed by atoms with van der Waals surface area (Å²) in [4.78, 5) is 27.9. The highest BCUT2D eigenvalue weighted by atomic mass is 35.5. The van der Waals surface area contributed by atoms with Gasteiger partial charge in [-0.05, 0) is 48.0 Å². The van der Waals surface area contributed by atoms with E-state index in [-0.39, 0.29) is 23.6 Å². The zero-order valence-corrected chi connectivity index (χ0v) is 17.2. The molecule has 0 saturated carbocycles. The third-order valence-corrected chi connectivity index (χ3v) is 5.19. The van der Waals surface area contributed by atoms with Gasteiger partial charge in [-0.3, -0.25) is 14.9 Å². The fourth-order valence-corrected chi connectivity index (χ4v) is 3.47.